The molecule has 25 heavy (non-hydrogen) atoms. The van der Waals surface area contributed by atoms with E-state index >= 15 is 0 Å². The third kappa shape index (κ3) is 6.01. The van der Waals surface area contributed by atoms with Gasteiger partial charge in [-0.3, -0.25) is 14.5 Å². The minimum absolute atomic E-state index is 0.584. The van der Waals surface area contributed by atoms with Crippen molar-refractivity contribution in [2.24, 2.45) is 0 Å². The first-order chi connectivity index (χ1) is 11.8. The van der Waals surface area contributed by atoms with Gasteiger partial charge in [-0.1, -0.05) is 13.3 Å². The zero-order valence-corrected chi connectivity index (χ0v) is 17.5. The summed E-state index contributed by atoms with van der Waals surface area (Å²) in [5, 5.41) is 19.5. The van der Waals surface area contributed by atoms with Crippen LogP contribution < -0.4 is 15.3 Å². The molecule has 7 nitrogen and oxygen atoms in total. The normalized spacial score (nSPS) is 12.0. The summed E-state index contributed by atoms with van der Waals surface area (Å²) in [6, 6.07) is 4.14. The predicted octanol–water partition coefficient (Wildman–Crippen LogP) is 2.72. The summed E-state index contributed by atoms with van der Waals surface area (Å²) >= 11 is 5.91. The molecule has 2 aromatic heterocycles. The number of aromatic nitrogens is 4. The average Bonchev–Trinajstić information content (AvgIpc) is 3.04. The van der Waals surface area contributed by atoms with Crippen LogP contribution >= 0.6 is 6.49 Å². The Morgan fingerprint density at radius 2 is 1.40 bits per heavy atom. The van der Waals surface area contributed by atoms with Crippen LogP contribution in [0.4, 0.5) is 0 Å². The molecule has 0 atom stereocenters. The van der Waals surface area contributed by atoms with Crippen LogP contribution in [0.5, 0.6) is 0 Å². The molecule has 2 rings (SSSR count). The van der Waals surface area contributed by atoms with E-state index in [4.69, 9.17) is 11.8 Å². The van der Waals surface area contributed by atoms with E-state index in [0.29, 0.717) is 13.3 Å². The molecule has 0 spiro atoms. The second-order valence-electron chi connectivity index (χ2n) is 6.36. The van der Waals surface area contributed by atoms with E-state index in [9.17, 15) is 0 Å². The Labute approximate surface area is 155 Å². The molecule has 0 amide bonds. The molecule has 0 aliphatic rings. The van der Waals surface area contributed by atoms with Gasteiger partial charge in [-0.15, -0.1) is 0 Å². The van der Waals surface area contributed by atoms with Crippen molar-refractivity contribution < 1.29 is 0 Å². The third-order valence-corrected chi connectivity index (χ3v) is 6.96. The highest BCUT2D eigenvalue weighted by molar-refractivity contribution is 8.11. The smallest absolute Gasteiger partial charge is 0.140 e. The maximum absolute atomic E-state index is 5.91. The van der Waals surface area contributed by atoms with E-state index in [1.165, 1.54) is 0 Å². The Balaban J connectivity index is 2.02. The monoisotopic (exact) mass is 383 g/mol. The lowest BCUT2D eigenvalue weighted by molar-refractivity contribution is 0.553. The first-order valence-corrected chi connectivity index (χ1v) is 11.5. The molecule has 0 bridgehead atoms. The number of rotatable bonds is 10. The maximum atomic E-state index is 5.91. The molecule has 0 unspecified atom stereocenters. The molecule has 2 aromatic rings. The third-order valence-electron chi connectivity index (χ3n) is 3.96. The first-order valence-electron chi connectivity index (χ1n) is 8.70. The van der Waals surface area contributed by atoms with Gasteiger partial charge in [0.15, 0.2) is 0 Å². The van der Waals surface area contributed by atoms with Gasteiger partial charge in [0.25, 0.3) is 0 Å². The summed E-state index contributed by atoms with van der Waals surface area (Å²) in [5.41, 5.74) is 4.28. The van der Waals surface area contributed by atoms with Crippen molar-refractivity contribution in [3.63, 3.8) is 0 Å². The number of hydrogen-bond donors (Lipinski definition) is 3. The van der Waals surface area contributed by atoms with Crippen LogP contribution in [0.3, 0.4) is 0 Å². The van der Waals surface area contributed by atoms with Gasteiger partial charge in [-0.05, 0) is 58.1 Å². The standard InChI is InChI=1S/C16H30N7PS/c1-6-7-8-17-24(25,18-11-22-15(4)9-13(2)20-22)19-12-23-16(5)10-14(3)21-23/h9-10H,6-8,11-12H2,1-5H3,(H3,17,18,19,25). The molecule has 0 aliphatic heterocycles. The zero-order valence-electron chi connectivity index (χ0n) is 15.8. The van der Waals surface area contributed by atoms with Crippen molar-refractivity contribution in [1.29, 1.82) is 0 Å². The number of aryl methyl sites for hydroxylation is 4. The largest absolute Gasteiger partial charge is 0.266 e. The van der Waals surface area contributed by atoms with Crippen molar-refractivity contribution in [2.45, 2.75) is 60.8 Å². The summed E-state index contributed by atoms with van der Waals surface area (Å²) in [6.07, 6.45) is 2.23. The molecule has 0 saturated heterocycles. The molecule has 0 aromatic carbocycles. The van der Waals surface area contributed by atoms with Gasteiger partial charge in [-0.2, -0.15) is 10.2 Å². The molecule has 0 saturated carbocycles. The summed E-state index contributed by atoms with van der Waals surface area (Å²) in [7, 11) is 0. The van der Waals surface area contributed by atoms with Gasteiger partial charge >= 0.3 is 0 Å². The average molecular weight is 384 g/mol. The highest BCUT2D eigenvalue weighted by Gasteiger charge is 2.16. The fourth-order valence-corrected chi connectivity index (χ4v) is 4.68. The fourth-order valence-electron chi connectivity index (χ4n) is 2.58. The number of hydrogen-bond acceptors (Lipinski definition) is 3. The Morgan fingerprint density at radius 3 is 1.76 bits per heavy atom. The maximum Gasteiger partial charge on any atom is 0.140 e. The Bertz CT molecular complexity index is 683. The number of nitrogens with zero attached hydrogens (tertiary/aromatic N) is 4. The van der Waals surface area contributed by atoms with Gasteiger partial charge in [0.1, 0.15) is 6.49 Å². The Morgan fingerprint density at radius 1 is 0.920 bits per heavy atom. The molecule has 2 heterocycles. The van der Waals surface area contributed by atoms with Crippen molar-refractivity contribution in [3.05, 3.63) is 34.9 Å². The molecule has 9 heteroatoms. The van der Waals surface area contributed by atoms with Crippen molar-refractivity contribution in [1.82, 2.24) is 34.8 Å². The quantitative estimate of drug-likeness (QED) is 0.433. The molecule has 0 aliphatic carbocycles. The SMILES string of the molecule is CCCCNP(=S)(NCn1nc(C)cc1C)NCn1nc(C)cc1C. The van der Waals surface area contributed by atoms with Crippen LogP contribution in [0.15, 0.2) is 12.1 Å². The minimum Gasteiger partial charge on any atom is -0.266 e. The van der Waals surface area contributed by atoms with Crippen molar-refractivity contribution >= 4 is 18.3 Å². The lowest BCUT2D eigenvalue weighted by Gasteiger charge is -2.26. The lowest BCUT2D eigenvalue weighted by atomic mass is 10.3. The Hall–Kier alpha value is -1.05. The second-order valence-corrected chi connectivity index (χ2v) is 10.2. The van der Waals surface area contributed by atoms with E-state index in [0.717, 1.165) is 42.2 Å². The highest BCUT2D eigenvalue weighted by atomic mass is 32.4. The molecular formula is C16H30N7PS. The van der Waals surface area contributed by atoms with Crippen LogP contribution in [0.25, 0.3) is 0 Å². The minimum atomic E-state index is -2.14. The van der Waals surface area contributed by atoms with Crippen LogP contribution in [0.2, 0.25) is 0 Å². The first kappa shape index (κ1) is 20.3. The number of nitrogens with one attached hydrogen (secondary N) is 3. The number of unbranched alkanes of at least 4 members (excludes halogenated alkanes) is 1. The highest BCUT2D eigenvalue weighted by Crippen LogP contribution is 2.31. The summed E-state index contributed by atoms with van der Waals surface area (Å²) < 4.78 is 3.89. The van der Waals surface area contributed by atoms with Gasteiger partial charge in [0.2, 0.25) is 0 Å². The van der Waals surface area contributed by atoms with Gasteiger partial charge in [-0.25, -0.2) is 10.2 Å². The van der Waals surface area contributed by atoms with Gasteiger partial charge < -0.3 is 0 Å². The van der Waals surface area contributed by atoms with E-state index < -0.39 is 6.49 Å². The summed E-state index contributed by atoms with van der Waals surface area (Å²) in [5.74, 6) is 0. The summed E-state index contributed by atoms with van der Waals surface area (Å²) in [4.78, 5) is 0. The second kappa shape index (κ2) is 9.05. The van der Waals surface area contributed by atoms with Crippen molar-refractivity contribution in [2.75, 3.05) is 6.54 Å². The van der Waals surface area contributed by atoms with Crippen molar-refractivity contribution in [3.8, 4) is 0 Å². The summed E-state index contributed by atoms with van der Waals surface area (Å²) in [6.45, 7) is 10.2. The van der Waals surface area contributed by atoms with Gasteiger partial charge in [0.05, 0.1) is 24.7 Å². The molecule has 140 valence electrons. The van der Waals surface area contributed by atoms with E-state index in [2.05, 4.69) is 58.4 Å². The molecule has 0 radical (unpaired) electrons. The predicted molar refractivity (Wildman–Crippen MR) is 107 cm³/mol. The zero-order chi connectivity index (χ0) is 18.4. The Kier molecular flexibility index (Phi) is 7.34. The van der Waals surface area contributed by atoms with Crippen LogP contribution in [-0.4, -0.2) is 26.1 Å². The molecular weight excluding hydrogens is 353 g/mol. The molecule has 3 N–H and O–H groups in total. The van der Waals surface area contributed by atoms with Crippen LogP contribution in [0, 0.1) is 27.7 Å². The van der Waals surface area contributed by atoms with Gasteiger partial charge in [0, 0.05) is 17.9 Å². The van der Waals surface area contributed by atoms with E-state index in [-0.39, 0.29) is 0 Å². The van der Waals surface area contributed by atoms with Crippen LogP contribution in [0.1, 0.15) is 42.5 Å². The van der Waals surface area contributed by atoms with E-state index in [1.807, 2.05) is 23.2 Å². The topological polar surface area (TPSA) is 71.7 Å². The van der Waals surface area contributed by atoms with E-state index in [1.54, 1.807) is 0 Å². The fraction of sp³-hybridized carbons (Fsp3) is 0.625. The lowest BCUT2D eigenvalue weighted by Crippen LogP contribution is -2.35. The molecule has 0 fully saturated rings. The van der Waals surface area contributed by atoms with Crippen LogP contribution in [-0.2, 0) is 25.1 Å².